The molecule has 1 aromatic heterocycles. The molecule has 1 heterocycles. The summed E-state index contributed by atoms with van der Waals surface area (Å²) < 4.78 is 0.975. The number of pyridine rings is 1. The fourth-order valence-corrected chi connectivity index (χ4v) is 1.59. The van der Waals surface area contributed by atoms with Crippen molar-refractivity contribution < 1.29 is 0 Å². The van der Waals surface area contributed by atoms with E-state index in [1.54, 1.807) is 6.20 Å². The zero-order chi connectivity index (χ0) is 10.4. The van der Waals surface area contributed by atoms with E-state index in [-0.39, 0.29) is 0 Å². The molecule has 0 atom stereocenters. The third-order valence-corrected chi connectivity index (χ3v) is 2.34. The highest BCUT2D eigenvalue weighted by molar-refractivity contribution is 9.10. The van der Waals surface area contributed by atoms with Gasteiger partial charge in [0.25, 0.3) is 0 Å². The molecule has 74 valence electrons. The number of hydrogen-bond donors (Lipinski definition) is 0. The molecule has 0 aliphatic carbocycles. The van der Waals surface area contributed by atoms with Crippen molar-refractivity contribution in [3.63, 3.8) is 0 Å². The molecule has 0 spiro atoms. The van der Waals surface area contributed by atoms with Gasteiger partial charge in [-0.3, -0.25) is 9.88 Å². The van der Waals surface area contributed by atoms with E-state index in [0.29, 0.717) is 6.54 Å². The van der Waals surface area contributed by atoms with Crippen LogP contribution in [0.3, 0.4) is 0 Å². The van der Waals surface area contributed by atoms with E-state index < -0.39 is 0 Å². The predicted octanol–water partition coefficient (Wildman–Crippen LogP) is 2.19. The van der Waals surface area contributed by atoms with Gasteiger partial charge < -0.3 is 0 Å². The molecular formula is C10H12BrN3. The van der Waals surface area contributed by atoms with E-state index >= 15 is 0 Å². The molecule has 14 heavy (non-hydrogen) atoms. The lowest BCUT2D eigenvalue weighted by Gasteiger charge is -2.16. The quantitative estimate of drug-likeness (QED) is 0.773. The topological polar surface area (TPSA) is 39.9 Å². The van der Waals surface area contributed by atoms with Crippen molar-refractivity contribution in [2.45, 2.75) is 13.5 Å². The van der Waals surface area contributed by atoms with Crippen LogP contribution < -0.4 is 0 Å². The number of nitrogens with zero attached hydrogens (tertiary/aromatic N) is 3. The van der Waals surface area contributed by atoms with Gasteiger partial charge in [0, 0.05) is 23.4 Å². The van der Waals surface area contributed by atoms with Crippen molar-refractivity contribution in [1.82, 2.24) is 9.88 Å². The Morgan fingerprint density at radius 2 is 2.36 bits per heavy atom. The van der Waals surface area contributed by atoms with Crippen LogP contribution in [0, 0.1) is 11.3 Å². The summed E-state index contributed by atoms with van der Waals surface area (Å²) in [5, 5.41) is 8.58. The maximum atomic E-state index is 8.58. The van der Waals surface area contributed by atoms with Crippen LogP contribution in [0.2, 0.25) is 0 Å². The van der Waals surface area contributed by atoms with Crippen molar-refractivity contribution in [2.24, 2.45) is 0 Å². The SMILES string of the molecule is CCN(CC#N)Cc1cncc(Br)c1. The smallest absolute Gasteiger partial charge is 0.0868 e. The Morgan fingerprint density at radius 3 is 2.93 bits per heavy atom. The molecule has 1 rings (SSSR count). The van der Waals surface area contributed by atoms with Crippen LogP contribution in [-0.4, -0.2) is 23.0 Å². The van der Waals surface area contributed by atoms with Gasteiger partial charge in [0.05, 0.1) is 12.6 Å². The Hall–Kier alpha value is -0.920. The monoisotopic (exact) mass is 253 g/mol. The molecule has 0 radical (unpaired) electrons. The molecule has 3 nitrogen and oxygen atoms in total. The van der Waals surface area contributed by atoms with Gasteiger partial charge in [-0.25, -0.2) is 0 Å². The molecule has 0 unspecified atom stereocenters. The minimum atomic E-state index is 0.461. The second-order valence-corrected chi connectivity index (χ2v) is 3.89. The van der Waals surface area contributed by atoms with Crippen molar-refractivity contribution in [3.8, 4) is 6.07 Å². The van der Waals surface area contributed by atoms with Crippen LogP contribution in [0.1, 0.15) is 12.5 Å². The first-order valence-corrected chi connectivity index (χ1v) is 5.24. The lowest BCUT2D eigenvalue weighted by molar-refractivity contribution is 0.314. The van der Waals surface area contributed by atoms with Gasteiger partial charge in [0.1, 0.15) is 0 Å². The summed E-state index contributed by atoms with van der Waals surface area (Å²) in [5.41, 5.74) is 1.12. The number of aromatic nitrogens is 1. The Bertz CT molecular complexity index is 332. The number of rotatable bonds is 4. The van der Waals surface area contributed by atoms with Crippen molar-refractivity contribution in [1.29, 1.82) is 5.26 Å². The molecule has 0 N–H and O–H groups in total. The zero-order valence-electron chi connectivity index (χ0n) is 8.07. The normalized spacial score (nSPS) is 10.1. The number of hydrogen-bond acceptors (Lipinski definition) is 3. The third kappa shape index (κ3) is 3.44. The van der Waals surface area contributed by atoms with E-state index in [1.807, 2.05) is 19.2 Å². The fourth-order valence-electron chi connectivity index (χ4n) is 1.18. The van der Waals surface area contributed by atoms with Crippen LogP contribution in [0.15, 0.2) is 22.9 Å². The van der Waals surface area contributed by atoms with Gasteiger partial charge in [-0.05, 0) is 34.1 Å². The lowest BCUT2D eigenvalue weighted by atomic mass is 10.2. The third-order valence-electron chi connectivity index (χ3n) is 1.91. The molecule has 0 saturated carbocycles. The molecule has 0 aromatic carbocycles. The Kier molecular flexibility index (Phi) is 4.57. The fraction of sp³-hybridized carbons (Fsp3) is 0.400. The van der Waals surface area contributed by atoms with Crippen molar-refractivity contribution in [3.05, 3.63) is 28.5 Å². The minimum Gasteiger partial charge on any atom is -0.286 e. The Balaban J connectivity index is 2.63. The van der Waals surface area contributed by atoms with Gasteiger partial charge in [-0.1, -0.05) is 6.92 Å². The first-order chi connectivity index (χ1) is 6.76. The van der Waals surface area contributed by atoms with E-state index in [4.69, 9.17) is 5.26 Å². The van der Waals surface area contributed by atoms with Crippen molar-refractivity contribution in [2.75, 3.05) is 13.1 Å². The minimum absolute atomic E-state index is 0.461. The highest BCUT2D eigenvalue weighted by Gasteiger charge is 2.03. The summed E-state index contributed by atoms with van der Waals surface area (Å²) in [4.78, 5) is 6.13. The Morgan fingerprint density at radius 1 is 1.57 bits per heavy atom. The summed E-state index contributed by atoms with van der Waals surface area (Å²) in [6, 6.07) is 4.17. The van der Waals surface area contributed by atoms with Crippen LogP contribution >= 0.6 is 15.9 Å². The lowest BCUT2D eigenvalue weighted by Crippen LogP contribution is -2.23. The van der Waals surface area contributed by atoms with Gasteiger partial charge >= 0.3 is 0 Å². The Labute approximate surface area is 92.5 Å². The van der Waals surface area contributed by atoms with E-state index in [9.17, 15) is 0 Å². The van der Waals surface area contributed by atoms with Crippen LogP contribution in [0.25, 0.3) is 0 Å². The first-order valence-electron chi connectivity index (χ1n) is 4.45. The van der Waals surface area contributed by atoms with E-state index in [2.05, 4.69) is 31.9 Å². The number of halogens is 1. The highest BCUT2D eigenvalue weighted by Crippen LogP contribution is 2.11. The van der Waals surface area contributed by atoms with Crippen molar-refractivity contribution >= 4 is 15.9 Å². The average Bonchev–Trinajstić information content (AvgIpc) is 2.17. The first kappa shape index (κ1) is 11.2. The van der Waals surface area contributed by atoms with E-state index in [1.165, 1.54) is 0 Å². The van der Waals surface area contributed by atoms with E-state index in [0.717, 1.165) is 23.1 Å². The van der Waals surface area contributed by atoms with Gasteiger partial charge in [0.15, 0.2) is 0 Å². The second kappa shape index (κ2) is 5.74. The summed E-state index contributed by atoms with van der Waals surface area (Å²) in [6.07, 6.45) is 3.58. The van der Waals surface area contributed by atoms with Gasteiger partial charge in [-0.15, -0.1) is 0 Å². The molecule has 0 aliphatic rings. The zero-order valence-corrected chi connectivity index (χ0v) is 9.66. The van der Waals surface area contributed by atoms with Crippen LogP contribution in [0.4, 0.5) is 0 Å². The summed E-state index contributed by atoms with van der Waals surface area (Å²) >= 11 is 3.37. The largest absolute Gasteiger partial charge is 0.286 e. The highest BCUT2D eigenvalue weighted by atomic mass is 79.9. The average molecular weight is 254 g/mol. The van der Waals surface area contributed by atoms with Gasteiger partial charge in [0.2, 0.25) is 0 Å². The maximum Gasteiger partial charge on any atom is 0.0868 e. The number of nitriles is 1. The summed E-state index contributed by atoms with van der Waals surface area (Å²) in [6.45, 7) is 4.16. The predicted molar refractivity (Wildman–Crippen MR) is 58.5 cm³/mol. The standard InChI is InChI=1S/C10H12BrN3/c1-2-14(4-3-12)8-9-5-10(11)7-13-6-9/h5-7H,2,4,8H2,1H3. The molecule has 4 heteroatoms. The molecule has 0 amide bonds. The second-order valence-electron chi connectivity index (χ2n) is 2.97. The maximum absolute atomic E-state index is 8.58. The van der Waals surface area contributed by atoms with Crippen LogP contribution in [-0.2, 0) is 6.54 Å². The molecule has 1 aromatic rings. The molecular weight excluding hydrogens is 242 g/mol. The molecule has 0 fully saturated rings. The molecule has 0 aliphatic heterocycles. The van der Waals surface area contributed by atoms with Crippen LogP contribution in [0.5, 0.6) is 0 Å². The summed E-state index contributed by atoms with van der Waals surface area (Å²) in [7, 11) is 0. The summed E-state index contributed by atoms with van der Waals surface area (Å²) in [5.74, 6) is 0. The molecule has 0 bridgehead atoms. The van der Waals surface area contributed by atoms with Gasteiger partial charge in [-0.2, -0.15) is 5.26 Å². The molecule has 0 saturated heterocycles.